The number of nitrogens with zero attached hydrogens (tertiary/aromatic N) is 1. The summed E-state index contributed by atoms with van der Waals surface area (Å²) in [5.74, 6) is -1.62. The van der Waals surface area contributed by atoms with Crippen LogP contribution in [0.15, 0.2) is 18.2 Å². The van der Waals surface area contributed by atoms with Crippen molar-refractivity contribution in [2.75, 3.05) is 5.32 Å². The minimum atomic E-state index is -0.930. The summed E-state index contributed by atoms with van der Waals surface area (Å²) in [6.07, 6.45) is 0.216. The quantitative estimate of drug-likeness (QED) is 0.867. The number of carboxylic acid groups (broad SMARTS) is 1. The summed E-state index contributed by atoms with van der Waals surface area (Å²) in [6, 6.07) is 6.50. The summed E-state index contributed by atoms with van der Waals surface area (Å²) < 4.78 is 0. The number of halogens is 1. The van der Waals surface area contributed by atoms with Gasteiger partial charge in [0.25, 0.3) is 0 Å². The van der Waals surface area contributed by atoms with E-state index in [-0.39, 0.29) is 23.8 Å². The first-order chi connectivity index (χ1) is 8.93. The van der Waals surface area contributed by atoms with E-state index in [1.807, 2.05) is 6.07 Å². The summed E-state index contributed by atoms with van der Waals surface area (Å²) in [5, 5.41) is 20.2. The molecule has 0 radical (unpaired) electrons. The lowest BCUT2D eigenvalue weighted by atomic mass is 10.0. The number of carboxylic acids is 1. The molecule has 0 saturated heterocycles. The van der Waals surface area contributed by atoms with Crippen LogP contribution in [0.25, 0.3) is 0 Å². The van der Waals surface area contributed by atoms with Crippen LogP contribution in [0, 0.1) is 17.2 Å². The van der Waals surface area contributed by atoms with E-state index < -0.39 is 11.9 Å². The predicted octanol–water partition coefficient (Wildman–Crippen LogP) is 2.65. The highest BCUT2D eigenvalue weighted by Gasteiger charge is 2.14. The minimum Gasteiger partial charge on any atom is -0.481 e. The molecule has 1 aromatic rings. The zero-order chi connectivity index (χ0) is 14.4. The zero-order valence-corrected chi connectivity index (χ0v) is 11.1. The van der Waals surface area contributed by atoms with Gasteiger partial charge in [0.1, 0.15) is 6.07 Å². The SMILES string of the molecule is C[C@@H](CCC(=O)O)C(=O)Nc1ccc(C#N)c(Cl)c1. The van der Waals surface area contributed by atoms with Crippen molar-refractivity contribution in [1.29, 1.82) is 5.26 Å². The van der Waals surface area contributed by atoms with E-state index in [4.69, 9.17) is 22.0 Å². The van der Waals surface area contributed by atoms with Crippen LogP contribution in [0.2, 0.25) is 5.02 Å². The van der Waals surface area contributed by atoms with Crippen molar-refractivity contribution in [2.45, 2.75) is 19.8 Å². The zero-order valence-electron chi connectivity index (χ0n) is 10.3. The number of carbonyl (C=O) groups excluding carboxylic acids is 1. The molecule has 5 nitrogen and oxygen atoms in total. The Morgan fingerprint density at radius 3 is 2.74 bits per heavy atom. The molecule has 1 atom stereocenters. The topological polar surface area (TPSA) is 90.2 Å². The van der Waals surface area contributed by atoms with Gasteiger partial charge in [0.05, 0.1) is 10.6 Å². The number of carbonyl (C=O) groups is 2. The van der Waals surface area contributed by atoms with Crippen molar-refractivity contribution in [3.8, 4) is 6.07 Å². The molecule has 0 aliphatic carbocycles. The summed E-state index contributed by atoms with van der Waals surface area (Å²) in [6.45, 7) is 1.66. The number of aliphatic carboxylic acids is 1. The summed E-state index contributed by atoms with van der Waals surface area (Å²) in [4.78, 5) is 22.2. The van der Waals surface area contributed by atoms with Gasteiger partial charge in [-0.2, -0.15) is 5.26 Å². The maximum Gasteiger partial charge on any atom is 0.303 e. The first-order valence-corrected chi connectivity index (χ1v) is 6.04. The Bertz CT molecular complexity index is 537. The van der Waals surface area contributed by atoms with E-state index in [9.17, 15) is 9.59 Å². The van der Waals surface area contributed by atoms with Gasteiger partial charge in [-0.1, -0.05) is 18.5 Å². The van der Waals surface area contributed by atoms with Gasteiger partial charge in [-0.3, -0.25) is 9.59 Å². The second-order valence-corrected chi connectivity index (χ2v) is 4.54. The second kappa shape index (κ2) is 6.76. The maximum absolute atomic E-state index is 11.8. The van der Waals surface area contributed by atoms with E-state index in [2.05, 4.69) is 5.32 Å². The first kappa shape index (κ1) is 15.0. The first-order valence-electron chi connectivity index (χ1n) is 5.66. The van der Waals surface area contributed by atoms with Crippen LogP contribution in [-0.2, 0) is 9.59 Å². The number of nitriles is 1. The summed E-state index contributed by atoms with van der Waals surface area (Å²) >= 11 is 5.84. The van der Waals surface area contributed by atoms with Gasteiger partial charge < -0.3 is 10.4 Å². The van der Waals surface area contributed by atoms with Crippen LogP contribution >= 0.6 is 11.6 Å². The maximum atomic E-state index is 11.8. The van der Waals surface area contributed by atoms with Gasteiger partial charge >= 0.3 is 5.97 Å². The van der Waals surface area contributed by atoms with Gasteiger partial charge in [-0.25, -0.2) is 0 Å². The fourth-order valence-electron chi connectivity index (χ4n) is 1.42. The van der Waals surface area contributed by atoms with Crippen molar-refractivity contribution in [3.63, 3.8) is 0 Å². The number of nitrogens with one attached hydrogen (secondary N) is 1. The van der Waals surface area contributed by atoms with E-state index >= 15 is 0 Å². The Hall–Kier alpha value is -2.06. The normalized spacial score (nSPS) is 11.4. The molecule has 0 bridgehead atoms. The molecule has 0 spiro atoms. The molecule has 2 N–H and O–H groups in total. The van der Waals surface area contributed by atoms with E-state index in [1.165, 1.54) is 12.1 Å². The van der Waals surface area contributed by atoms with E-state index in [0.29, 0.717) is 11.3 Å². The Kier molecular flexibility index (Phi) is 5.34. The van der Waals surface area contributed by atoms with Crippen molar-refractivity contribution in [2.24, 2.45) is 5.92 Å². The second-order valence-electron chi connectivity index (χ2n) is 4.13. The van der Waals surface area contributed by atoms with E-state index in [1.54, 1.807) is 13.0 Å². The van der Waals surface area contributed by atoms with Gasteiger partial charge in [-0.15, -0.1) is 0 Å². The molecule has 6 heteroatoms. The number of rotatable bonds is 5. The third kappa shape index (κ3) is 4.60. The average molecular weight is 281 g/mol. The molecular formula is C13H13ClN2O3. The highest BCUT2D eigenvalue weighted by atomic mass is 35.5. The number of amides is 1. The van der Waals surface area contributed by atoms with Crippen molar-refractivity contribution < 1.29 is 14.7 Å². The van der Waals surface area contributed by atoms with Crippen molar-refractivity contribution >= 4 is 29.2 Å². The lowest BCUT2D eigenvalue weighted by molar-refractivity contribution is -0.137. The predicted molar refractivity (Wildman–Crippen MR) is 70.8 cm³/mol. The number of hydrogen-bond acceptors (Lipinski definition) is 3. The van der Waals surface area contributed by atoms with Crippen molar-refractivity contribution in [1.82, 2.24) is 0 Å². The molecule has 0 saturated carbocycles. The molecule has 0 fully saturated rings. The molecule has 0 aromatic heterocycles. The van der Waals surface area contributed by atoms with Crippen LogP contribution in [0.4, 0.5) is 5.69 Å². The minimum absolute atomic E-state index is 0.0529. The molecule has 1 rings (SSSR count). The fraction of sp³-hybridized carbons (Fsp3) is 0.308. The molecule has 1 aromatic carbocycles. The van der Waals surface area contributed by atoms with Gasteiger partial charge in [0.15, 0.2) is 0 Å². The highest BCUT2D eigenvalue weighted by Crippen LogP contribution is 2.21. The molecular weight excluding hydrogens is 268 g/mol. The van der Waals surface area contributed by atoms with Gasteiger partial charge in [0.2, 0.25) is 5.91 Å². The van der Waals surface area contributed by atoms with Crippen LogP contribution in [0.5, 0.6) is 0 Å². The molecule has 0 unspecified atom stereocenters. The molecule has 0 aliphatic rings. The average Bonchev–Trinajstić information content (AvgIpc) is 2.36. The molecule has 19 heavy (non-hydrogen) atoms. The molecule has 0 aliphatic heterocycles. The molecule has 0 heterocycles. The standard InChI is InChI=1S/C13H13ClN2O3/c1-8(2-5-12(17)18)13(19)16-10-4-3-9(7-15)11(14)6-10/h3-4,6,8H,2,5H2,1H3,(H,16,19)(H,17,18)/t8-/m0/s1. The number of benzene rings is 1. The Morgan fingerprint density at radius 1 is 1.53 bits per heavy atom. The smallest absolute Gasteiger partial charge is 0.303 e. The Labute approximate surface area is 115 Å². The van der Waals surface area contributed by atoms with Crippen LogP contribution in [-0.4, -0.2) is 17.0 Å². The number of hydrogen-bond donors (Lipinski definition) is 2. The van der Waals surface area contributed by atoms with Gasteiger partial charge in [0, 0.05) is 18.0 Å². The largest absolute Gasteiger partial charge is 0.481 e. The number of anilines is 1. The van der Waals surface area contributed by atoms with Crippen LogP contribution in [0.3, 0.4) is 0 Å². The highest BCUT2D eigenvalue weighted by molar-refractivity contribution is 6.32. The fourth-order valence-corrected chi connectivity index (χ4v) is 1.64. The molecule has 1 amide bonds. The van der Waals surface area contributed by atoms with Crippen LogP contribution < -0.4 is 5.32 Å². The third-order valence-electron chi connectivity index (χ3n) is 2.60. The van der Waals surface area contributed by atoms with E-state index in [0.717, 1.165) is 0 Å². The van der Waals surface area contributed by atoms with Crippen molar-refractivity contribution in [3.05, 3.63) is 28.8 Å². The molecule has 100 valence electrons. The third-order valence-corrected chi connectivity index (χ3v) is 2.91. The monoisotopic (exact) mass is 280 g/mol. The van der Waals surface area contributed by atoms with Crippen LogP contribution in [0.1, 0.15) is 25.3 Å². The Morgan fingerprint density at radius 2 is 2.21 bits per heavy atom. The summed E-state index contributed by atoms with van der Waals surface area (Å²) in [5.41, 5.74) is 0.815. The lowest BCUT2D eigenvalue weighted by Gasteiger charge is -2.11. The summed E-state index contributed by atoms with van der Waals surface area (Å²) in [7, 11) is 0. The van der Waals surface area contributed by atoms with Gasteiger partial charge in [-0.05, 0) is 24.6 Å². The lowest BCUT2D eigenvalue weighted by Crippen LogP contribution is -2.21. The Balaban J connectivity index is 2.64.